The number of Topliss-reactive ketones (excluding diaryl/α,β-unsaturated/α-hetero) is 1. The molecule has 7 nitrogen and oxygen atoms in total. The van der Waals surface area contributed by atoms with Crippen molar-refractivity contribution in [3.05, 3.63) is 76.4 Å². The number of phenols is 4. The topological polar surface area (TPSA) is 127 Å². The molecule has 0 unspecified atom stereocenters. The van der Waals surface area contributed by atoms with Crippen molar-refractivity contribution in [1.82, 2.24) is 0 Å². The highest BCUT2D eigenvalue weighted by Gasteiger charge is 2.52. The second-order valence-corrected chi connectivity index (χ2v) is 9.93. The van der Waals surface area contributed by atoms with Crippen molar-refractivity contribution in [3.63, 3.8) is 0 Å². The van der Waals surface area contributed by atoms with Gasteiger partial charge in [-0.05, 0) is 59.4 Å². The Labute approximate surface area is 217 Å². The van der Waals surface area contributed by atoms with Gasteiger partial charge < -0.3 is 30.3 Å². The zero-order valence-corrected chi connectivity index (χ0v) is 21.8. The lowest BCUT2D eigenvalue weighted by atomic mass is 9.78. The third-order valence-corrected chi connectivity index (χ3v) is 6.64. The van der Waals surface area contributed by atoms with Gasteiger partial charge >= 0.3 is 0 Å². The normalized spacial score (nSPS) is 19.8. The fourth-order valence-corrected chi connectivity index (χ4v) is 4.52. The first kappa shape index (κ1) is 27.9. The predicted molar refractivity (Wildman–Crippen MR) is 142 cm³/mol. The molecular formula is C30H36O7. The molecule has 0 radical (unpaired) electrons. The number of aliphatic hydroxyl groups is 1. The van der Waals surface area contributed by atoms with Crippen molar-refractivity contribution in [3.8, 4) is 28.7 Å². The van der Waals surface area contributed by atoms with E-state index in [4.69, 9.17) is 4.74 Å². The van der Waals surface area contributed by atoms with Gasteiger partial charge in [0.1, 0.15) is 22.8 Å². The van der Waals surface area contributed by atoms with Crippen LogP contribution in [-0.2, 0) is 5.60 Å². The van der Waals surface area contributed by atoms with Gasteiger partial charge in [0.05, 0.1) is 0 Å². The number of hydrogen-bond donors (Lipinski definition) is 5. The van der Waals surface area contributed by atoms with Crippen LogP contribution in [0.2, 0.25) is 0 Å². The summed E-state index contributed by atoms with van der Waals surface area (Å²) < 4.78 is 6.12. The third-order valence-electron chi connectivity index (χ3n) is 6.64. The van der Waals surface area contributed by atoms with Crippen LogP contribution in [-0.4, -0.2) is 37.4 Å². The predicted octanol–water partition coefficient (Wildman–Crippen LogP) is 6.15. The summed E-state index contributed by atoms with van der Waals surface area (Å²) in [6.07, 6.45) is 7.99. The van der Waals surface area contributed by atoms with E-state index in [9.17, 15) is 30.3 Å². The minimum Gasteiger partial charge on any atom is -0.508 e. The summed E-state index contributed by atoms with van der Waals surface area (Å²) in [5.74, 6) is -2.75. The Kier molecular flexibility index (Phi) is 8.71. The van der Waals surface area contributed by atoms with Gasteiger partial charge in [0.2, 0.25) is 5.78 Å². The van der Waals surface area contributed by atoms with Crippen LogP contribution in [0.4, 0.5) is 0 Å². The molecule has 3 rings (SSSR count). The third kappa shape index (κ3) is 6.17. The van der Waals surface area contributed by atoms with Gasteiger partial charge in [-0.15, -0.1) is 0 Å². The molecule has 1 aliphatic heterocycles. The van der Waals surface area contributed by atoms with Gasteiger partial charge in [-0.1, -0.05) is 47.1 Å². The Morgan fingerprint density at radius 2 is 1.57 bits per heavy atom. The molecule has 0 amide bonds. The summed E-state index contributed by atoms with van der Waals surface area (Å²) in [5.41, 5.74) is 1.55. The molecule has 0 aliphatic carbocycles. The summed E-state index contributed by atoms with van der Waals surface area (Å²) in [7, 11) is 0. The average molecular weight is 509 g/mol. The van der Waals surface area contributed by atoms with Crippen LogP contribution in [0.1, 0.15) is 75.7 Å². The first-order valence-corrected chi connectivity index (χ1v) is 12.4. The second-order valence-electron chi connectivity index (χ2n) is 9.93. The van der Waals surface area contributed by atoms with E-state index in [0.29, 0.717) is 0 Å². The summed E-state index contributed by atoms with van der Waals surface area (Å²) in [5, 5.41) is 52.2. The smallest absolute Gasteiger partial charge is 0.203 e. The van der Waals surface area contributed by atoms with Crippen LogP contribution in [0.15, 0.2) is 65.3 Å². The van der Waals surface area contributed by atoms with E-state index in [1.54, 1.807) is 0 Å². The molecule has 198 valence electrons. The van der Waals surface area contributed by atoms with Crippen LogP contribution in [0.25, 0.3) is 0 Å². The number of aromatic hydroxyl groups is 4. The van der Waals surface area contributed by atoms with E-state index in [-0.39, 0.29) is 29.0 Å². The molecule has 37 heavy (non-hydrogen) atoms. The van der Waals surface area contributed by atoms with E-state index in [1.165, 1.54) is 35.4 Å². The summed E-state index contributed by atoms with van der Waals surface area (Å²) in [4.78, 5) is 13.2. The van der Waals surface area contributed by atoms with Gasteiger partial charge in [-0.25, -0.2) is 0 Å². The lowest BCUT2D eigenvalue weighted by molar-refractivity contribution is -0.0526. The molecule has 0 bridgehead atoms. The number of hydrogen-bond acceptors (Lipinski definition) is 7. The van der Waals surface area contributed by atoms with Crippen LogP contribution >= 0.6 is 0 Å². The molecule has 2 aromatic rings. The Morgan fingerprint density at radius 1 is 0.919 bits per heavy atom. The van der Waals surface area contributed by atoms with Crippen molar-refractivity contribution in [2.75, 3.05) is 0 Å². The highest BCUT2D eigenvalue weighted by Crippen LogP contribution is 2.49. The quantitative estimate of drug-likeness (QED) is 0.203. The van der Waals surface area contributed by atoms with E-state index in [1.807, 2.05) is 13.0 Å². The van der Waals surface area contributed by atoms with Crippen LogP contribution in [0.5, 0.6) is 28.7 Å². The lowest BCUT2D eigenvalue weighted by Crippen LogP contribution is -2.52. The number of fused-ring (bicyclic) bond motifs is 1. The van der Waals surface area contributed by atoms with Crippen LogP contribution in [0.3, 0.4) is 0 Å². The molecule has 5 N–H and O–H groups in total. The molecule has 0 aromatic heterocycles. The Bertz CT molecular complexity index is 1250. The first-order valence-electron chi connectivity index (χ1n) is 12.4. The molecule has 2 atom stereocenters. The Balaban J connectivity index is 1.92. The Hall–Kier alpha value is -3.71. The SMILES string of the molecule is CC(C)=CCC/C(C)=C/CCC(C)=CC[C@@]1(c2cccc(O)c2O)Oc2cc(O)cc(O)c2C(=O)[C@@H]1O. The maximum Gasteiger partial charge on any atom is 0.203 e. The first-order chi connectivity index (χ1) is 17.5. The minimum absolute atomic E-state index is 0.0120. The standard InChI is InChI=1S/C30H36O7/c1-18(2)8-5-9-19(3)10-6-11-20(4)14-15-30(22-12-7-13-23(32)27(22)34)29(36)28(35)26-24(33)16-21(31)17-25(26)37-30/h7-8,10,12-14,16-17,29,31-34,36H,5-6,9,11,15H2,1-4H3/b19-10+,20-14?/t29-,30-/m0/s1. The number of aliphatic hydroxyl groups excluding tert-OH is 1. The number of ether oxygens (including phenoxy) is 1. The van der Waals surface area contributed by atoms with Crippen LogP contribution < -0.4 is 4.74 Å². The molecule has 7 heteroatoms. The minimum atomic E-state index is -1.80. The molecular weight excluding hydrogens is 472 g/mol. The number of phenolic OH excluding ortho intramolecular Hbond substituents is 4. The second kappa shape index (κ2) is 11.6. The zero-order chi connectivity index (χ0) is 27.3. The fourth-order valence-electron chi connectivity index (χ4n) is 4.52. The molecule has 1 heterocycles. The van der Waals surface area contributed by atoms with Crippen LogP contribution in [0, 0.1) is 0 Å². The number of carbonyl (C=O) groups is 1. The van der Waals surface area contributed by atoms with Gasteiger partial charge in [0.25, 0.3) is 0 Å². The highest BCUT2D eigenvalue weighted by atomic mass is 16.5. The number of rotatable bonds is 9. The van der Waals surface area contributed by atoms with Gasteiger partial charge in [-0.3, -0.25) is 4.79 Å². The number of allylic oxidation sites excluding steroid dienone is 5. The zero-order valence-electron chi connectivity index (χ0n) is 21.8. The lowest BCUT2D eigenvalue weighted by Gasteiger charge is -2.41. The van der Waals surface area contributed by atoms with E-state index < -0.39 is 34.7 Å². The van der Waals surface area contributed by atoms with E-state index in [0.717, 1.165) is 37.3 Å². The van der Waals surface area contributed by atoms with E-state index >= 15 is 0 Å². The van der Waals surface area contributed by atoms with Crippen molar-refractivity contribution < 1.29 is 35.1 Å². The van der Waals surface area contributed by atoms with E-state index in [2.05, 4.69) is 32.9 Å². The molecule has 1 aliphatic rings. The molecule has 0 saturated heterocycles. The maximum atomic E-state index is 13.2. The van der Waals surface area contributed by atoms with Gasteiger partial charge in [-0.2, -0.15) is 0 Å². The molecule has 0 saturated carbocycles. The van der Waals surface area contributed by atoms with Crippen molar-refractivity contribution in [2.24, 2.45) is 0 Å². The monoisotopic (exact) mass is 508 g/mol. The Morgan fingerprint density at radius 3 is 2.24 bits per heavy atom. The largest absolute Gasteiger partial charge is 0.508 e. The molecule has 0 fully saturated rings. The van der Waals surface area contributed by atoms with Gasteiger partial charge in [0.15, 0.2) is 23.2 Å². The maximum absolute atomic E-state index is 13.2. The summed E-state index contributed by atoms with van der Waals surface area (Å²) in [6, 6.07) is 6.38. The molecule has 0 spiro atoms. The summed E-state index contributed by atoms with van der Waals surface area (Å²) in [6.45, 7) is 8.21. The van der Waals surface area contributed by atoms with Crippen molar-refractivity contribution >= 4 is 5.78 Å². The average Bonchev–Trinajstić information content (AvgIpc) is 2.81. The van der Waals surface area contributed by atoms with Crippen molar-refractivity contribution in [2.45, 2.75) is 71.5 Å². The van der Waals surface area contributed by atoms with Crippen molar-refractivity contribution in [1.29, 1.82) is 0 Å². The fraction of sp³-hybridized carbons (Fsp3) is 0.367. The number of ketones is 1. The highest BCUT2D eigenvalue weighted by molar-refractivity contribution is 6.06. The summed E-state index contributed by atoms with van der Waals surface area (Å²) >= 11 is 0. The number of para-hydroxylation sites is 1. The molecule has 2 aromatic carbocycles. The number of benzene rings is 2. The number of carbonyl (C=O) groups excluding carboxylic acids is 1. The van der Waals surface area contributed by atoms with Gasteiger partial charge in [0, 0.05) is 24.1 Å².